The number of phenols is 1. The lowest BCUT2D eigenvalue weighted by Gasteiger charge is -2.06. The maximum absolute atomic E-state index is 11.2. The highest BCUT2D eigenvalue weighted by atomic mass is 79.9. The molecule has 0 saturated heterocycles. The van der Waals surface area contributed by atoms with Crippen molar-refractivity contribution in [2.75, 3.05) is 5.33 Å². The minimum Gasteiger partial charge on any atom is -0.507 e. The van der Waals surface area contributed by atoms with E-state index in [1.54, 1.807) is 6.07 Å². The molecule has 0 bridgehead atoms. The zero-order chi connectivity index (χ0) is 10.6. The highest BCUT2D eigenvalue weighted by Crippen LogP contribution is 2.24. The smallest absolute Gasteiger partial charge is 0.147 e. The average molecular weight is 322 g/mol. The fourth-order valence-electron chi connectivity index (χ4n) is 1.15. The molecule has 0 aliphatic heterocycles. The van der Waals surface area contributed by atoms with Gasteiger partial charge in [-0.15, -0.1) is 0 Å². The van der Waals surface area contributed by atoms with E-state index in [2.05, 4.69) is 31.9 Å². The van der Waals surface area contributed by atoms with Gasteiger partial charge >= 0.3 is 0 Å². The van der Waals surface area contributed by atoms with Gasteiger partial charge in [-0.1, -0.05) is 50.1 Å². The molecule has 1 aromatic carbocycles. The summed E-state index contributed by atoms with van der Waals surface area (Å²) < 4.78 is 0. The lowest BCUT2D eigenvalue weighted by atomic mass is 10.1. The molecule has 0 atom stereocenters. The number of para-hydroxylation sites is 1. The van der Waals surface area contributed by atoms with E-state index in [0.717, 1.165) is 5.56 Å². The summed E-state index contributed by atoms with van der Waals surface area (Å²) in [5.74, 6) is 0.283. The van der Waals surface area contributed by atoms with E-state index >= 15 is 0 Å². The second-order valence-corrected chi connectivity index (χ2v) is 4.03. The van der Waals surface area contributed by atoms with Crippen LogP contribution in [0.4, 0.5) is 0 Å². The van der Waals surface area contributed by atoms with E-state index in [1.165, 1.54) is 0 Å². The molecule has 0 aliphatic carbocycles. The summed E-state index contributed by atoms with van der Waals surface area (Å²) in [5.41, 5.74) is 1.50. The van der Waals surface area contributed by atoms with Crippen LogP contribution < -0.4 is 0 Å². The maximum Gasteiger partial charge on any atom is 0.147 e. The summed E-state index contributed by atoms with van der Waals surface area (Å²) in [5, 5.41) is 10.7. The van der Waals surface area contributed by atoms with Gasteiger partial charge in [0.05, 0.1) is 5.33 Å². The summed E-state index contributed by atoms with van der Waals surface area (Å²) in [6, 6.07) is 5.43. The number of phenolic OH excluding ortho intramolecular Hbond substituents is 1. The van der Waals surface area contributed by atoms with Gasteiger partial charge in [-0.05, 0) is 0 Å². The van der Waals surface area contributed by atoms with Crippen LogP contribution in [0.15, 0.2) is 18.2 Å². The zero-order valence-electron chi connectivity index (χ0n) is 7.46. The number of carbonyl (C=O) groups excluding carboxylic acids is 1. The van der Waals surface area contributed by atoms with Gasteiger partial charge in [0.1, 0.15) is 11.5 Å². The number of Topliss-reactive ketones (excluding diaryl/α,β-unsaturated/α-hetero) is 1. The summed E-state index contributed by atoms with van der Waals surface area (Å²) in [7, 11) is 0. The summed E-state index contributed by atoms with van der Waals surface area (Å²) >= 11 is 6.36. The third-order valence-corrected chi connectivity index (χ3v) is 3.11. The molecule has 76 valence electrons. The Bertz CT molecular complexity index is 337. The quantitative estimate of drug-likeness (QED) is 0.866. The molecule has 0 saturated carbocycles. The van der Waals surface area contributed by atoms with Crippen molar-refractivity contribution in [1.29, 1.82) is 0 Å². The largest absolute Gasteiger partial charge is 0.507 e. The molecule has 0 radical (unpaired) electrons. The molecule has 1 rings (SSSR count). The minimum atomic E-state index is 0.0621. The number of carbonyl (C=O) groups is 1. The topological polar surface area (TPSA) is 37.3 Å². The number of benzene rings is 1. The average Bonchev–Trinajstić information content (AvgIpc) is 2.21. The highest BCUT2D eigenvalue weighted by molar-refractivity contribution is 9.09. The fraction of sp³-hybridized carbons (Fsp3) is 0.300. The number of rotatable bonds is 4. The van der Waals surface area contributed by atoms with Crippen molar-refractivity contribution in [2.24, 2.45) is 0 Å². The lowest BCUT2D eigenvalue weighted by Crippen LogP contribution is -2.04. The normalized spacial score (nSPS) is 10.1. The first-order valence-corrected chi connectivity index (χ1v) is 6.36. The fourth-order valence-corrected chi connectivity index (χ4v) is 1.81. The van der Waals surface area contributed by atoms with Crippen LogP contribution in [0.2, 0.25) is 0 Å². The summed E-state index contributed by atoms with van der Waals surface area (Å²) in [4.78, 5) is 11.2. The predicted octanol–water partition coefficient (Wildman–Crippen LogP) is 2.79. The number of aromatic hydroxyl groups is 1. The Kier molecular flexibility index (Phi) is 4.62. The van der Waals surface area contributed by atoms with E-state index in [0.29, 0.717) is 16.2 Å². The van der Waals surface area contributed by atoms with Crippen molar-refractivity contribution in [3.8, 4) is 5.75 Å². The monoisotopic (exact) mass is 320 g/mol. The molecule has 1 N–H and O–H groups in total. The number of hydrogen-bond donors (Lipinski definition) is 1. The zero-order valence-corrected chi connectivity index (χ0v) is 10.6. The van der Waals surface area contributed by atoms with Crippen LogP contribution in [0.25, 0.3) is 0 Å². The molecule has 0 heterocycles. The molecule has 1 aromatic rings. The van der Waals surface area contributed by atoms with Crippen LogP contribution in [0.1, 0.15) is 11.1 Å². The SMILES string of the molecule is O=C(CBr)Cc1cccc(CBr)c1O. The minimum absolute atomic E-state index is 0.0621. The molecule has 4 heteroatoms. The molecule has 0 unspecified atom stereocenters. The maximum atomic E-state index is 11.2. The van der Waals surface area contributed by atoms with Gasteiger partial charge in [-0.25, -0.2) is 0 Å². The number of alkyl halides is 2. The van der Waals surface area contributed by atoms with Crippen molar-refractivity contribution in [3.05, 3.63) is 29.3 Å². The first-order valence-electron chi connectivity index (χ1n) is 4.12. The third kappa shape index (κ3) is 2.82. The standard InChI is InChI=1S/C10H10Br2O2/c11-5-8-3-1-2-7(10(8)14)4-9(13)6-12/h1-3,14H,4-6H2. The Hall–Kier alpha value is -0.350. The van der Waals surface area contributed by atoms with Crippen LogP contribution in [0.3, 0.4) is 0 Å². The molecule has 2 nitrogen and oxygen atoms in total. The van der Waals surface area contributed by atoms with E-state index in [9.17, 15) is 9.90 Å². The second-order valence-electron chi connectivity index (χ2n) is 2.91. The Balaban J connectivity index is 2.92. The van der Waals surface area contributed by atoms with Crippen LogP contribution in [0.5, 0.6) is 5.75 Å². The Morgan fingerprint density at radius 3 is 2.50 bits per heavy atom. The molecule has 0 fully saturated rings. The summed E-state index contributed by atoms with van der Waals surface area (Å²) in [6.07, 6.45) is 0.276. The van der Waals surface area contributed by atoms with Crippen molar-refractivity contribution >= 4 is 37.6 Å². The number of halogens is 2. The van der Waals surface area contributed by atoms with E-state index in [-0.39, 0.29) is 18.0 Å². The molecule has 14 heavy (non-hydrogen) atoms. The first kappa shape index (κ1) is 11.7. The molecular weight excluding hydrogens is 312 g/mol. The molecule has 0 amide bonds. The van der Waals surface area contributed by atoms with E-state index < -0.39 is 0 Å². The van der Waals surface area contributed by atoms with Crippen LogP contribution >= 0.6 is 31.9 Å². The van der Waals surface area contributed by atoms with Gasteiger partial charge in [-0.2, -0.15) is 0 Å². The third-order valence-electron chi connectivity index (χ3n) is 1.88. The van der Waals surface area contributed by atoms with Crippen molar-refractivity contribution < 1.29 is 9.90 Å². The van der Waals surface area contributed by atoms with Gasteiger partial charge in [0, 0.05) is 22.9 Å². The van der Waals surface area contributed by atoms with Gasteiger partial charge in [-0.3, -0.25) is 4.79 Å². The molecule has 0 aliphatic rings. The van der Waals surface area contributed by atoms with Gasteiger partial charge in [0.25, 0.3) is 0 Å². The van der Waals surface area contributed by atoms with Crippen LogP contribution in [0, 0.1) is 0 Å². The second kappa shape index (κ2) is 5.51. The van der Waals surface area contributed by atoms with E-state index in [1.807, 2.05) is 12.1 Å². The molecule has 0 aromatic heterocycles. The Morgan fingerprint density at radius 1 is 1.29 bits per heavy atom. The van der Waals surface area contributed by atoms with Crippen LogP contribution in [-0.2, 0) is 16.5 Å². The van der Waals surface area contributed by atoms with Gasteiger partial charge in [0.2, 0.25) is 0 Å². The molecular formula is C10H10Br2O2. The van der Waals surface area contributed by atoms with Gasteiger partial charge < -0.3 is 5.11 Å². The van der Waals surface area contributed by atoms with Crippen LogP contribution in [-0.4, -0.2) is 16.2 Å². The summed E-state index contributed by atoms with van der Waals surface area (Å²) in [6.45, 7) is 0. The lowest BCUT2D eigenvalue weighted by molar-refractivity contribution is -0.115. The Labute approximate surface area is 99.6 Å². The van der Waals surface area contributed by atoms with Crippen molar-refractivity contribution in [3.63, 3.8) is 0 Å². The van der Waals surface area contributed by atoms with E-state index in [4.69, 9.17) is 0 Å². The first-order chi connectivity index (χ1) is 6.69. The van der Waals surface area contributed by atoms with Crippen molar-refractivity contribution in [1.82, 2.24) is 0 Å². The highest BCUT2D eigenvalue weighted by Gasteiger charge is 2.09. The predicted molar refractivity (Wildman–Crippen MR) is 63.2 cm³/mol. The molecule has 0 spiro atoms. The number of ketones is 1. The van der Waals surface area contributed by atoms with Crippen molar-refractivity contribution in [2.45, 2.75) is 11.8 Å². The van der Waals surface area contributed by atoms with Gasteiger partial charge in [0.15, 0.2) is 0 Å². The Morgan fingerprint density at radius 2 is 1.93 bits per heavy atom. The number of hydrogen-bond acceptors (Lipinski definition) is 2.